The van der Waals surface area contributed by atoms with Gasteiger partial charge in [0.05, 0.1) is 29.8 Å². The maximum absolute atomic E-state index is 12.2. The number of H-pyrrole nitrogens is 1. The number of ether oxygens (including phenoxy) is 1. The summed E-state index contributed by atoms with van der Waals surface area (Å²) in [6.45, 7) is 1.74. The number of para-hydroxylation sites is 1. The van der Waals surface area contributed by atoms with Gasteiger partial charge in [0.25, 0.3) is 5.91 Å². The van der Waals surface area contributed by atoms with Crippen molar-refractivity contribution in [2.45, 2.75) is 6.54 Å². The second-order valence-corrected chi connectivity index (χ2v) is 4.22. The molecule has 0 unspecified atom stereocenters. The summed E-state index contributed by atoms with van der Waals surface area (Å²) in [4.78, 5) is 19.0. The van der Waals surface area contributed by atoms with E-state index < -0.39 is 0 Å². The van der Waals surface area contributed by atoms with E-state index in [0.29, 0.717) is 24.5 Å². The summed E-state index contributed by atoms with van der Waals surface area (Å²) in [5.74, 6) is 0.464. The molecule has 0 spiro atoms. The van der Waals surface area contributed by atoms with Gasteiger partial charge in [-0.1, -0.05) is 6.07 Å². The summed E-state index contributed by atoms with van der Waals surface area (Å²) in [5, 5.41) is 6.04. The van der Waals surface area contributed by atoms with Crippen molar-refractivity contribution >= 4 is 11.6 Å². The quantitative estimate of drug-likeness (QED) is 0.771. The third-order valence-electron chi connectivity index (χ3n) is 2.92. The Balaban J connectivity index is 1.76. The Hall–Kier alpha value is -2.50. The SMILES string of the molecule is O=C(NCc1cnc[nH]1)c1cccc2c1OCCN2. The van der Waals surface area contributed by atoms with Crippen molar-refractivity contribution in [2.24, 2.45) is 0 Å². The van der Waals surface area contributed by atoms with E-state index in [2.05, 4.69) is 20.6 Å². The molecular formula is C13H14N4O2. The molecule has 6 nitrogen and oxygen atoms in total. The van der Waals surface area contributed by atoms with Crippen LogP contribution in [0.15, 0.2) is 30.7 Å². The smallest absolute Gasteiger partial charge is 0.255 e. The van der Waals surface area contributed by atoms with Gasteiger partial charge in [-0.15, -0.1) is 0 Å². The number of hydrogen-bond donors (Lipinski definition) is 3. The second kappa shape index (κ2) is 5.01. The topological polar surface area (TPSA) is 79.0 Å². The lowest BCUT2D eigenvalue weighted by atomic mass is 10.1. The number of anilines is 1. The molecule has 2 heterocycles. The molecule has 3 rings (SSSR count). The number of amides is 1. The number of carbonyl (C=O) groups is 1. The number of nitrogens with one attached hydrogen (secondary N) is 3. The van der Waals surface area contributed by atoms with Crippen molar-refractivity contribution in [1.82, 2.24) is 15.3 Å². The van der Waals surface area contributed by atoms with E-state index in [9.17, 15) is 4.79 Å². The number of nitrogens with zero attached hydrogens (tertiary/aromatic N) is 1. The number of imidazole rings is 1. The fraction of sp³-hybridized carbons (Fsp3) is 0.231. The van der Waals surface area contributed by atoms with Crippen molar-refractivity contribution in [2.75, 3.05) is 18.5 Å². The number of aromatic nitrogens is 2. The van der Waals surface area contributed by atoms with Crippen molar-refractivity contribution in [3.8, 4) is 5.75 Å². The first-order chi connectivity index (χ1) is 9.34. The van der Waals surface area contributed by atoms with Crippen LogP contribution >= 0.6 is 0 Å². The fourth-order valence-electron chi connectivity index (χ4n) is 2.00. The van der Waals surface area contributed by atoms with Gasteiger partial charge in [0.2, 0.25) is 0 Å². The van der Waals surface area contributed by atoms with Crippen LogP contribution in [0.3, 0.4) is 0 Å². The van der Waals surface area contributed by atoms with Crippen LogP contribution in [0.4, 0.5) is 5.69 Å². The zero-order valence-electron chi connectivity index (χ0n) is 10.3. The first-order valence-corrected chi connectivity index (χ1v) is 6.10. The number of carbonyl (C=O) groups excluding carboxylic acids is 1. The minimum Gasteiger partial charge on any atom is -0.489 e. The Labute approximate surface area is 110 Å². The number of aromatic amines is 1. The zero-order chi connectivity index (χ0) is 13.1. The molecule has 1 aliphatic rings. The molecule has 98 valence electrons. The highest BCUT2D eigenvalue weighted by atomic mass is 16.5. The molecule has 0 fully saturated rings. The summed E-state index contributed by atoms with van der Waals surface area (Å²) in [5.41, 5.74) is 2.27. The Bertz CT molecular complexity index is 580. The van der Waals surface area contributed by atoms with Crippen LogP contribution in [0.1, 0.15) is 16.1 Å². The van der Waals surface area contributed by atoms with E-state index in [1.54, 1.807) is 18.6 Å². The molecule has 0 bridgehead atoms. The standard InChI is InChI=1S/C13H14N4O2/c18-13(16-7-9-6-14-8-17-9)10-2-1-3-11-12(10)19-5-4-15-11/h1-3,6,8,15H,4-5,7H2,(H,14,17)(H,16,18). The molecule has 1 aromatic carbocycles. The maximum Gasteiger partial charge on any atom is 0.255 e. The molecule has 6 heteroatoms. The zero-order valence-corrected chi connectivity index (χ0v) is 10.3. The van der Waals surface area contributed by atoms with Crippen molar-refractivity contribution in [3.63, 3.8) is 0 Å². The highest BCUT2D eigenvalue weighted by Crippen LogP contribution is 2.31. The first-order valence-electron chi connectivity index (χ1n) is 6.10. The molecule has 0 atom stereocenters. The van der Waals surface area contributed by atoms with Gasteiger partial charge < -0.3 is 20.4 Å². The van der Waals surface area contributed by atoms with Crippen LogP contribution in [0.5, 0.6) is 5.75 Å². The van der Waals surface area contributed by atoms with Crippen LogP contribution in [0, 0.1) is 0 Å². The molecule has 2 aromatic rings. The molecule has 1 aromatic heterocycles. The summed E-state index contributed by atoms with van der Waals surface area (Å²) in [6, 6.07) is 5.50. The lowest BCUT2D eigenvalue weighted by molar-refractivity contribution is 0.0946. The minimum atomic E-state index is -0.157. The number of hydrogen-bond acceptors (Lipinski definition) is 4. The van der Waals surface area contributed by atoms with Crippen LogP contribution in [-0.2, 0) is 6.54 Å². The van der Waals surface area contributed by atoms with Gasteiger partial charge in [-0.2, -0.15) is 0 Å². The van der Waals surface area contributed by atoms with Crippen molar-refractivity contribution in [3.05, 3.63) is 42.0 Å². The van der Waals surface area contributed by atoms with Gasteiger partial charge >= 0.3 is 0 Å². The van der Waals surface area contributed by atoms with E-state index in [1.807, 2.05) is 12.1 Å². The van der Waals surface area contributed by atoms with Crippen LogP contribution < -0.4 is 15.4 Å². The molecule has 19 heavy (non-hydrogen) atoms. The van der Waals surface area contributed by atoms with Gasteiger partial charge in [-0.25, -0.2) is 4.98 Å². The van der Waals surface area contributed by atoms with E-state index in [0.717, 1.165) is 17.9 Å². The predicted molar refractivity (Wildman–Crippen MR) is 70.2 cm³/mol. The lowest BCUT2D eigenvalue weighted by Gasteiger charge is -2.21. The first kappa shape index (κ1) is 11.6. The molecule has 0 saturated heterocycles. The molecule has 1 aliphatic heterocycles. The van der Waals surface area contributed by atoms with E-state index in [-0.39, 0.29) is 5.91 Å². The third-order valence-corrected chi connectivity index (χ3v) is 2.92. The molecule has 0 aliphatic carbocycles. The van der Waals surface area contributed by atoms with Gasteiger partial charge in [0.1, 0.15) is 6.61 Å². The van der Waals surface area contributed by atoms with Crippen LogP contribution in [0.25, 0.3) is 0 Å². The van der Waals surface area contributed by atoms with Crippen LogP contribution in [0.2, 0.25) is 0 Å². The van der Waals surface area contributed by atoms with Gasteiger partial charge in [0, 0.05) is 12.7 Å². The average Bonchev–Trinajstić information content (AvgIpc) is 2.97. The Morgan fingerprint density at radius 1 is 1.47 bits per heavy atom. The monoisotopic (exact) mass is 258 g/mol. The molecular weight excluding hydrogens is 244 g/mol. The number of benzene rings is 1. The highest BCUT2D eigenvalue weighted by Gasteiger charge is 2.18. The minimum absolute atomic E-state index is 0.157. The summed E-state index contributed by atoms with van der Waals surface area (Å²) in [7, 11) is 0. The largest absolute Gasteiger partial charge is 0.489 e. The summed E-state index contributed by atoms with van der Waals surface area (Å²) < 4.78 is 5.57. The van der Waals surface area contributed by atoms with Crippen molar-refractivity contribution < 1.29 is 9.53 Å². The van der Waals surface area contributed by atoms with E-state index in [4.69, 9.17) is 4.74 Å². The van der Waals surface area contributed by atoms with E-state index >= 15 is 0 Å². The summed E-state index contributed by atoms with van der Waals surface area (Å²) >= 11 is 0. The molecule has 0 saturated carbocycles. The Morgan fingerprint density at radius 3 is 3.26 bits per heavy atom. The Morgan fingerprint density at radius 2 is 2.42 bits per heavy atom. The summed E-state index contributed by atoms with van der Waals surface area (Å²) in [6.07, 6.45) is 3.26. The van der Waals surface area contributed by atoms with Crippen LogP contribution in [-0.4, -0.2) is 29.0 Å². The van der Waals surface area contributed by atoms with Gasteiger partial charge in [-0.05, 0) is 12.1 Å². The number of fused-ring (bicyclic) bond motifs is 1. The average molecular weight is 258 g/mol. The van der Waals surface area contributed by atoms with Gasteiger partial charge in [-0.3, -0.25) is 4.79 Å². The molecule has 0 radical (unpaired) electrons. The number of rotatable bonds is 3. The molecule has 3 N–H and O–H groups in total. The predicted octanol–water partition coefficient (Wildman–Crippen LogP) is 1.14. The maximum atomic E-state index is 12.2. The van der Waals surface area contributed by atoms with E-state index in [1.165, 1.54) is 0 Å². The lowest BCUT2D eigenvalue weighted by Crippen LogP contribution is -2.26. The molecule has 1 amide bonds. The third kappa shape index (κ3) is 2.37. The second-order valence-electron chi connectivity index (χ2n) is 4.22. The normalized spacial score (nSPS) is 13.1. The fourth-order valence-corrected chi connectivity index (χ4v) is 2.00. The highest BCUT2D eigenvalue weighted by molar-refractivity contribution is 5.98. The van der Waals surface area contributed by atoms with Crippen molar-refractivity contribution in [1.29, 1.82) is 0 Å². The Kier molecular flexibility index (Phi) is 3.06. The van der Waals surface area contributed by atoms with Gasteiger partial charge in [0.15, 0.2) is 5.75 Å².